The number of hydrogen-bond donors (Lipinski definition) is 1. The first-order valence-electron chi connectivity index (χ1n) is 4.45. The minimum absolute atomic E-state index is 0.442. The standard InChI is InChI=1S/C11H11NO2/c1-11(2)8-5-7(6-12)3-4-9(8)14-10(11)13/h3-5,10,13H,1-2H3. The Morgan fingerprint density at radius 2 is 2.21 bits per heavy atom. The van der Waals surface area contributed by atoms with Crippen LogP contribution in [0.4, 0.5) is 0 Å². The molecule has 1 aliphatic heterocycles. The second kappa shape index (κ2) is 2.73. The highest BCUT2D eigenvalue weighted by Crippen LogP contribution is 2.41. The first-order valence-corrected chi connectivity index (χ1v) is 4.45. The molecule has 2 rings (SSSR count). The molecular weight excluding hydrogens is 178 g/mol. The van der Waals surface area contributed by atoms with Crippen molar-refractivity contribution in [2.45, 2.75) is 25.6 Å². The Morgan fingerprint density at radius 3 is 2.86 bits per heavy atom. The van der Waals surface area contributed by atoms with Crippen molar-refractivity contribution in [3.05, 3.63) is 29.3 Å². The van der Waals surface area contributed by atoms with Gasteiger partial charge in [-0.15, -0.1) is 0 Å². The van der Waals surface area contributed by atoms with E-state index in [4.69, 9.17) is 10.00 Å². The molecule has 0 aromatic heterocycles. The van der Waals surface area contributed by atoms with Crippen molar-refractivity contribution < 1.29 is 9.84 Å². The Hall–Kier alpha value is -1.53. The summed E-state index contributed by atoms with van der Waals surface area (Å²) in [4.78, 5) is 0. The van der Waals surface area contributed by atoms with Gasteiger partial charge < -0.3 is 9.84 Å². The zero-order valence-electron chi connectivity index (χ0n) is 8.11. The van der Waals surface area contributed by atoms with Gasteiger partial charge in [-0.3, -0.25) is 0 Å². The summed E-state index contributed by atoms with van der Waals surface area (Å²) < 4.78 is 5.27. The van der Waals surface area contributed by atoms with Crippen LogP contribution in [0.15, 0.2) is 18.2 Å². The molecule has 14 heavy (non-hydrogen) atoms. The average molecular weight is 189 g/mol. The SMILES string of the molecule is CC1(C)c2cc(C#N)ccc2OC1O. The smallest absolute Gasteiger partial charge is 0.206 e. The van der Waals surface area contributed by atoms with Gasteiger partial charge in [0.2, 0.25) is 6.29 Å². The van der Waals surface area contributed by atoms with Crippen molar-refractivity contribution in [1.82, 2.24) is 0 Å². The molecule has 1 heterocycles. The fraction of sp³-hybridized carbons (Fsp3) is 0.364. The molecule has 3 nitrogen and oxygen atoms in total. The lowest BCUT2D eigenvalue weighted by atomic mass is 9.85. The quantitative estimate of drug-likeness (QED) is 0.673. The van der Waals surface area contributed by atoms with Crippen LogP contribution in [0.3, 0.4) is 0 Å². The number of hydrogen-bond acceptors (Lipinski definition) is 3. The maximum atomic E-state index is 9.64. The first kappa shape index (κ1) is 9.04. The summed E-state index contributed by atoms with van der Waals surface area (Å²) in [5.74, 6) is 0.668. The van der Waals surface area contributed by atoms with Gasteiger partial charge in [-0.1, -0.05) is 0 Å². The molecule has 1 aliphatic rings. The van der Waals surface area contributed by atoms with Gasteiger partial charge in [-0.2, -0.15) is 5.26 Å². The van der Waals surface area contributed by atoms with Gasteiger partial charge in [-0.25, -0.2) is 0 Å². The summed E-state index contributed by atoms with van der Waals surface area (Å²) in [6.07, 6.45) is -0.827. The zero-order valence-corrected chi connectivity index (χ0v) is 8.11. The van der Waals surface area contributed by atoms with Gasteiger partial charge in [0.1, 0.15) is 5.75 Å². The van der Waals surface area contributed by atoms with Crippen molar-refractivity contribution in [1.29, 1.82) is 5.26 Å². The summed E-state index contributed by atoms with van der Waals surface area (Å²) >= 11 is 0. The minimum atomic E-state index is -0.827. The molecule has 72 valence electrons. The zero-order chi connectivity index (χ0) is 10.3. The van der Waals surface area contributed by atoms with E-state index in [9.17, 15) is 5.11 Å². The Morgan fingerprint density at radius 1 is 1.50 bits per heavy atom. The fourth-order valence-corrected chi connectivity index (χ4v) is 1.61. The van der Waals surface area contributed by atoms with Crippen molar-refractivity contribution in [2.75, 3.05) is 0 Å². The summed E-state index contributed by atoms with van der Waals surface area (Å²) in [7, 11) is 0. The number of aliphatic hydroxyl groups is 1. The molecule has 1 aromatic rings. The second-order valence-corrected chi connectivity index (χ2v) is 4.01. The third-order valence-corrected chi connectivity index (χ3v) is 2.66. The van der Waals surface area contributed by atoms with Crippen LogP contribution in [0.1, 0.15) is 25.0 Å². The summed E-state index contributed by atoms with van der Waals surface area (Å²) in [6, 6.07) is 7.26. The highest BCUT2D eigenvalue weighted by atomic mass is 16.6. The molecule has 0 bridgehead atoms. The van der Waals surface area contributed by atoms with Crippen LogP contribution in [0, 0.1) is 11.3 Å². The number of benzene rings is 1. The third kappa shape index (κ3) is 1.08. The van der Waals surface area contributed by atoms with Crippen molar-refractivity contribution >= 4 is 0 Å². The minimum Gasteiger partial charge on any atom is -0.464 e. The maximum absolute atomic E-state index is 9.64. The maximum Gasteiger partial charge on any atom is 0.206 e. The van der Waals surface area contributed by atoms with E-state index in [1.165, 1.54) is 0 Å². The molecule has 0 aliphatic carbocycles. The Bertz CT molecular complexity index is 418. The molecule has 0 radical (unpaired) electrons. The molecule has 0 saturated heterocycles. The lowest BCUT2D eigenvalue weighted by molar-refractivity contribution is -0.0450. The van der Waals surface area contributed by atoms with Gasteiger partial charge >= 0.3 is 0 Å². The van der Waals surface area contributed by atoms with Gasteiger partial charge in [0.05, 0.1) is 17.0 Å². The number of nitrogens with zero attached hydrogens (tertiary/aromatic N) is 1. The number of rotatable bonds is 0. The van der Waals surface area contributed by atoms with Crippen LogP contribution in [0.2, 0.25) is 0 Å². The van der Waals surface area contributed by atoms with E-state index < -0.39 is 11.7 Å². The van der Waals surface area contributed by atoms with Gasteiger partial charge in [0.25, 0.3) is 0 Å². The van der Waals surface area contributed by atoms with Gasteiger partial charge in [0.15, 0.2) is 0 Å². The lowest BCUT2D eigenvalue weighted by Crippen LogP contribution is -2.31. The summed E-state index contributed by atoms with van der Waals surface area (Å²) in [5, 5.41) is 18.4. The number of fused-ring (bicyclic) bond motifs is 1. The van der Waals surface area contributed by atoms with Crippen LogP contribution in [-0.2, 0) is 5.41 Å². The molecule has 1 N–H and O–H groups in total. The highest BCUT2D eigenvalue weighted by molar-refractivity contribution is 5.48. The molecule has 0 spiro atoms. The van der Waals surface area contributed by atoms with E-state index in [1.54, 1.807) is 18.2 Å². The monoisotopic (exact) mass is 189 g/mol. The van der Waals surface area contributed by atoms with E-state index in [2.05, 4.69) is 6.07 Å². The molecule has 0 fully saturated rings. The van der Waals surface area contributed by atoms with Crippen LogP contribution in [0.25, 0.3) is 0 Å². The molecule has 1 atom stereocenters. The molecule has 3 heteroatoms. The molecule has 0 amide bonds. The highest BCUT2D eigenvalue weighted by Gasteiger charge is 2.40. The van der Waals surface area contributed by atoms with E-state index in [1.807, 2.05) is 13.8 Å². The van der Waals surface area contributed by atoms with Gasteiger partial charge in [-0.05, 0) is 32.0 Å². The normalized spacial score (nSPS) is 22.3. The topological polar surface area (TPSA) is 53.2 Å². The van der Waals surface area contributed by atoms with Gasteiger partial charge in [0, 0.05) is 5.56 Å². The van der Waals surface area contributed by atoms with Crippen molar-refractivity contribution in [2.24, 2.45) is 0 Å². The lowest BCUT2D eigenvalue weighted by Gasteiger charge is -2.20. The van der Waals surface area contributed by atoms with E-state index in [0.29, 0.717) is 11.3 Å². The second-order valence-electron chi connectivity index (χ2n) is 4.01. The largest absolute Gasteiger partial charge is 0.464 e. The van der Waals surface area contributed by atoms with Crippen LogP contribution in [-0.4, -0.2) is 11.4 Å². The van der Waals surface area contributed by atoms with Crippen LogP contribution >= 0.6 is 0 Å². The number of ether oxygens (including phenoxy) is 1. The average Bonchev–Trinajstić information content (AvgIpc) is 2.38. The summed E-state index contributed by atoms with van der Waals surface area (Å²) in [5.41, 5.74) is 1.04. The van der Waals surface area contributed by atoms with Crippen molar-refractivity contribution in [3.8, 4) is 11.8 Å². The Balaban J connectivity index is 2.58. The van der Waals surface area contributed by atoms with Crippen molar-refractivity contribution in [3.63, 3.8) is 0 Å². The predicted molar refractivity (Wildman–Crippen MR) is 50.8 cm³/mol. The molecule has 1 unspecified atom stereocenters. The van der Waals surface area contributed by atoms with E-state index in [-0.39, 0.29) is 0 Å². The summed E-state index contributed by atoms with van der Waals surface area (Å²) in [6.45, 7) is 3.79. The molecule has 0 saturated carbocycles. The van der Waals surface area contributed by atoms with Crippen LogP contribution < -0.4 is 4.74 Å². The number of nitriles is 1. The predicted octanol–water partition coefficient (Wildman–Crippen LogP) is 1.55. The fourth-order valence-electron chi connectivity index (χ4n) is 1.61. The third-order valence-electron chi connectivity index (χ3n) is 2.66. The first-order chi connectivity index (χ1) is 6.55. The molecule has 1 aromatic carbocycles. The molecular formula is C11H11NO2. The number of aliphatic hydroxyl groups excluding tert-OH is 1. The van der Waals surface area contributed by atoms with E-state index in [0.717, 1.165) is 5.56 Å². The Labute approximate surface area is 82.6 Å². The van der Waals surface area contributed by atoms with Crippen LogP contribution in [0.5, 0.6) is 5.75 Å². The van der Waals surface area contributed by atoms with E-state index >= 15 is 0 Å². The Kier molecular flexibility index (Phi) is 1.76.